The molecule has 72 valence electrons. The number of hydrogen-bond acceptors (Lipinski definition) is 3. The summed E-state index contributed by atoms with van der Waals surface area (Å²) in [6.45, 7) is 2.50. The van der Waals surface area contributed by atoms with Gasteiger partial charge < -0.3 is 10.4 Å². The maximum atomic E-state index is 8.57. The molecular formula is C10H16N2O. The molecule has 0 aliphatic carbocycles. The van der Waals surface area contributed by atoms with Gasteiger partial charge in [0.2, 0.25) is 0 Å². The minimum absolute atomic E-state index is 0.211. The van der Waals surface area contributed by atoms with Gasteiger partial charge in [-0.15, -0.1) is 0 Å². The molecule has 1 aliphatic rings. The topological polar surface area (TPSA) is 45.1 Å². The first kappa shape index (κ1) is 9.99. The Balaban J connectivity index is 0.000000132. The molecule has 0 aromatic carbocycles. The molecule has 2 rings (SSSR count). The van der Waals surface area contributed by atoms with Crippen molar-refractivity contribution in [2.45, 2.75) is 19.3 Å². The number of aromatic hydroxyl groups is 1. The van der Waals surface area contributed by atoms with Crippen LogP contribution in [0.15, 0.2) is 24.5 Å². The molecule has 1 aromatic rings. The molecule has 3 nitrogen and oxygen atoms in total. The van der Waals surface area contributed by atoms with Gasteiger partial charge in [0.15, 0.2) is 0 Å². The third kappa shape index (κ3) is 5.20. The molecule has 1 aromatic heterocycles. The Labute approximate surface area is 78.8 Å². The minimum Gasteiger partial charge on any atom is -0.506 e. The van der Waals surface area contributed by atoms with Crippen LogP contribution in [0.4, 0.5) is 0 Å². The van der Waals surface area contributed by atoms with Crippen molar-refractivity contribution in [2.24, 2.45) is 0 Å². The highest BCUT2D eigenvalue weighted by Crippen LogP contribution is 1.99. The Kier molecular flexibility index (Phi) is 4.94. The fourth-order valence-corrected chi connectivity index (χ4v) is 1.16. The molecule has 0 bridgehead atoms. The second-order valence-corrected chi connectivity index (χ2v) is 3.02. The van der Waals surface area contributed by atoms with Gasteiger partial charge in [0.1, 0.15) is 5.75 Å². The summed E-state index contributed by atoms with van der Waals surface area (Å²) >= 11 is 0. The van der Waals surface area contributed by atoms with E-state index in [1.807, 2.05) is 0 Å². The van der Waals surface area contributed by atoms with Crippen molar-refractivity contribution in [1.29, 1.82) is 0 Å². The van der Waals surface area contributed by atoms with Gasteiger partial charge in [-0.2, -0.15) is 0 Å². The standard InChI is InChI=1S/C5H5NO.C5H11N/c7-5-2-1-3-6-4-5;1-2-4-6-5-3-1/h1-4,7H;6H,1-5H2. The molecule has 13 heavy (non-hydrogen) atoms. The second-order valence-electron chi connectivity index (χ2n) is 3.02. The molecule has 1 fully saturated rings. The quantitative estimate of drug-likeness (QED) is 0.636. The lowest BCUT2D eigenvalue weighted by atomic mass is 10.2. The SMILES string of the molecule is C1CCNCC1.Oc1cccnc1. The van der Waals surface area contributed by atoms with Crippen molar-refractivity contribution in [1.82, 2.24) is 10.3 Å². The predicted octanol–water partition coefficient (Wildman–Crippen LogP) is 1.55. The third-order valence-electron chi connectivity index (χ3n) is 1.85. The molecule has 1 saturated heterocycles. The van der Waals surface area contributed by atoms with E-state index < -0.39 is 0 Å². The Morgan fingerprint density at radius 1 is 1.23 bits per heavy atom. The van der Waals surface area contributed by atoms with Gasteiger partial charge in [0.05, 0.1) is 6.20 Å². The summed E-state index contributed by atoms with van der Waals surface area (Å²) in [5.74, 6) is 0.211. The van der Waals surface area contributed by atoms with Crippen LogP contribution >= 0.6 is 0 Å². The van der Waals surface area contributed by atoms with Crippen molar-refractivity contribution >= 4 is 0 Å². The van der Waals surface area contributed by atoms with Crippen LogP contribution in [0.3, 0.4) is 0 Å². The molecule has 0 amide bonds. The lowest BCUT2D eigenvalue weighted by Gasteiger charge is -2.08. The third-order valence-corrected chi connectivity index (χ3v) is 1.85. The van der Waals surface area contributed by atoms with E-state index in [1.54, 1.807) is 18.3 Å². The fraction of sp³-hybridized carbons (Fsp3) is 0.500. The zero-order valence-electron chi connectivity index (χ0n) is 7.74. The summed E-state index contributed by atoms with van der Waals surface area (Å²) in [5, 5.41) is 11.9. The molecule has 0 radical (unpaired) electrons. The minimum atomic E-state index is 0.211. The highest BCUT2D eigenvalue weighted by atomic mass is 16.3. The number of piperidine rings is 1. The molecule has 2 heterocycles. The Hall–Kier alpha value is -1.09. The molecule has 0 saturated carbocycles. The van der Waals surface area contributed by atoms with E-state index in [2.05, 4.69) is 10.3 Å². The van der Waals surface area contributed by atoms with Crippen LogP contribution in [-0.2, 0) is 0 Å². The molecule has 2 N–H and O–H groups in total. The average Bonchev–Trinajstić information content (AvgIpc) is 2.22. The molecule has 0 atom stereocenters. The maximum absolute atomic E-state index is 8.57. The number of rotatable bonds is 0. The molecule has 0 unspecified atom stereocenters. The first-order valence-corrected chi connectivity index (χ1v) is 4.69. The Morgan fingerprint density at radius 3 is 2.23 bits per heavy atom. The van der Waals surface area contributed by atoms with Crippen LogP contribution in [0.5, 0.6) is 5.75 Å². The van der Waals surface area contributed by atoms with Crippen LogP contribution < -0.4 is 5.32 Å². The van der Waals surface area contributed by atoms with Gasteiger partial charge in [-0.3, -0.25) is 4.98 Å². The summed E-state index contributed by atoms with van der Waals surface area (Å²) in [4.78, 5) is 3.63. The van der Waals surface area contributed by atoms with Crippen molar-refractivity contribution in [2.75, 3.05) is 13.1 Å². The molecule has 1 aliphatic heterocycles. The van der Waals surface area contributed by atoms with Crippen molar-refractivity contribution in [3.8, 4) is 5.75 Å². The zero-order valence-corrected chi connectivity index (χ0v) is 7.74. The zero-order chi connectivity index (χ0) is 9.36. The Bertz CT molecular complexity index is 198. The number of aromatic nitrogens is 1. The average molecular weight is 180 g/mol. The smallest absolute Gasteiger partial charge is 0.133 e. The van der Waals surface area contributed by atoms with Crippen molar-refractivity contribution < 1.29 is 5.11 Å². The largest absolute Gasteiger partial charge is 0.506 e. The van der Waals surface area contributed by atoms with Crippen LogP contribution in [-0.4, -0.2) is 23.2 Å². The summed E-state index contributed by atoms with van der Waals surface area (Å²) in [7, 11) is 0. The predicted molar refractivity (Wildman–Crippen MR) is 52.6 cm³/mol. The highest BCUT2D eigenvalue weighted by molar-refractivity contribution is 5.12. The van der Waals surface area contributed by atoms with Crippen LogP contribution in [0.2, 0.25) is 0 Å². The molecule has 0 spiro atoms. The summed E-state index contributed by atoms with van der Waals surface area (Å²) < 4.78 is 0. The summed E-state index contributed by atoms with van der Waals surface area (Å²) in [6.07, 6.45) is 7.22. The number of pyridine rings is 1. The lowest BCUT2D eigenvalue weighted by molar-refractivity contribution is 0.472. The first-order valence-electron chi connectivity index (χ1n) is 4.69. The van der Waals surface area contributed by atoms with Gasteiger partial charge >= 0.3 is 0 Å². The van der Waals surface area contributed by atoms with Crippen molar-refractivity contribution in [3.63, 3.8) is 0 Å². The van der Waals surface area contributed by atoms with Gasteiger partial charge in [-0.05, 0) is 38.1 Å². The number of nitrogens with one attached hydrogen (secondary N) is 1. The van der Waals surface area contributed by atoms with Crippen molar-refractivity contribution in [3.05, 3.63) is 24.5 Å². The fourth-order valence-electron chi connectivity index (χ4n) is 1.16. The molecular weight excluding hydrogens is 164 g/mol. The van der Waals surface area contributed by atoms with E-state index in [-0.39, 0.29) is 5.75 Å². The van der Waals surface area contributed by atoms with Crippen LogP contribution in [0, 0.1) is 0 Å². The van der Waals surface area contributed by atoms with E-state index in [0.717, 1.165) is 0 Å². The summed E-state index contributed by atoms with van der Waals surface area (Å²) in [5.41, 5.74) is 0. The van der Waals surface area contributed by atoms with Gasteiger partial charge in [-0.25, -0.2) is 0 Å². The highest BCUT2D eigenvalue weighted by Gasteiger charge is 1.93. The second kappa shape index (κ2) is 6.43. The Morgan fingerprint density at radius 2 is 2.00 bits per heavy atom. The monoisotopic (exact) mass is 180 g/mol. The van der Waals surface area contributed by atoms with Gasteiger partial charge in [0.25, 0.3) is 0 Å². The van der Waals surface area contributed by atoms with E-state index in [1.165, 1.54) is 38.5 Å². The van der Waals surface area contributed by atoms with E-state index in [4.69, 9.17) is 5.11 Å². The number of nitrogens with zero attached hydrogens (tertiary/aromatic N) is 1. The van der Waals surface area contributed by atoms with Gasteiger partial charge in [0, 0.05) is 6.20 Å². The van der Waals surface area contributed by atoms with Crippen LogP contribution in [0.25, 0.3) is 0 Å². The first-order chi connectivity index (χ1) is 6.39. The van der Waals surface area contributed by atoms with E-state index in [9.17, 15) is 0 Å². The number of hydrogen-bond donors (Lipinski definition) is 2. The maximum Gasteiger partial charge on any atom is 0.133 e. The van der Waals surface area contributed by atoms with E-state index in [0.29, 0.717) is 0 Å². The van der Waals surface area contributed by atoms with Crippen LogP contribution in [0.1, 0.15) is 19.3 Å². The van der Waals surface area contributed by atoms with E-state index >= 15 is 0 Å². The summed E-state index contributed by atoms with van der Waals surface area (Å²) in [6, 6.07) is 3.25. The molecule has 3 heteroatoms. The normalized spacial score (nSPS) is 15.7. The lowest BCUT2D eigenvalue weighted by Crippen LogP contribution is -2.21. The van der Waals surface area contributed by atoms with Gasteiger partial charge in [-0.1, -0.05) is 6.42 Å².